The van der Waals surface area contributed by atoms with Crippen LogP contribution in [0.4, 0.5) is 0 Å². The predicted octanol–water partition coefficient (Wildman–Crippen LogP) is 0.918. The molecule has 1 heterocycles. The summed E-state index contributed by atoms with van der Waals surface area (Å²) in [6.07, 6.45) is 6.61. The smallest absolute Gasteiger partial charge is 0.211 e. The Labute approximate surface area is 99.0 Å². The molecule has 0 saturated carbocycles. The normalized spacial score (nSPS) is 22.7. The Bertz CT molecular complexity index is 330. The molecular weight excluding hydrogens is 224 g/mol. The fraction of sp³-hybridized carbons (Fsp3) is 0.818. The summed E-state index contributed by atoms with van der Waals surface area (Å²) in [5.41, 5.74) is 0. The molecule has 0 bridgehead atoms. The monoisotopic (exact) mass is 246 g/mol. The molecule has 0 spiro atoms. The highest BCUT2D eigenvalue weighted by molar-refractivity contribution is 7.88. The lowest BCUT2D eigenvalue weighted by molar-refractivity contribution is 0.156. The lowest BCUT2D eigenvalue weighted by atomic mass is 10.1. The summed E-state index contributed by atoms with van der Waals surface area (Å²) >= 11 is 0. The highest BCUT2D eigenvalue weighted by Crippen LogP contribution is 2.12. The quantitative estimate of drug-likeness (QED) is 0.693. The van der Waals surface area contributed by atoms with Gasteiger partial charge in [0.2, 0.25) is 10.0 Å². The first-order valence-electron chi connectivity index (χ1n) is 5.81. The molecule has 0 aromatic rings. The minimum Gasteiger partial charge on any atom is -0.294 e. The second-order valence-corrected chi connectivity index (χ2v) is 6.18. The van der Waals surface area contributed by atoms with Crippen molar-refractivity contribution in [2.75, 3.05) is 32.4 Å². The molecule has 1 atom stereocenters. The molecule has 94 valence electrons. The molecule has 1 unspecified atom stereocenters. The molecule has 1 aliphatic heterocycles. The summed E-state index contributed by atoms with van der Waals surface area (Å²) in [5, 5.41) is 0. The van der Waals surface area contributed by atoms with Crippen LogP contribution in [0.3, 0.4) is 0 Å². The fourth-order valence-corrected chi connectivity index (χ4v) is 2.93. The highest BCUT2D eigenvalue weighted by atomic mass is 32.2. The van der Waals surface area contributed by atoms with Gasteiger partial charge < -0.3 is 0 Å². The minimum atomic E-state index is -3.01. The molecule has 4 nitrogen and oxygen atoms in total. The molecule has 16 heavy (non-hydrogen) atoms. The van der Waals surface area contributed by atoms with Crippen LogP contribution in [0.15, 0.2) is 12.2 Å². The molecule has 1 rings (SSSR count). The molecule has 5 heteroatoms. The second kappa shape index (κ2) is 5.80. The Morgan fingerprint density at radius 1 is 1.25 bits per heavy atom. The maximum atomic E-state index is 11.4. The van der Waals surface area contributed by atoms with Crippen molar-refractivity contribution in [2.24, 2.45) is 0 Å². The van der Waals surface area contributed by atoms with Gasteiger partial charge in [-0.2, -0.15) is 4.31 Å². The third kappa shape index (κ3) is 3.57. The Morgan fingerprint density at radius 2 is 1.81 bits per heavy atom. The molecule has 1 saturated heterocycles. The first kappa shape index (κ1) is 13.7. The van der Waals surface area contributed by atoms with E-state index in [0.717, 1.165) is 19.5 Å². The fourth-order valence-electron chi connectivity index (χ4n) is 2.11. The first-order chi connectivity index (χ1) is 7.49. The van der Waals surface area contributed by atoms with Crippen molar-refractivity contribution in [1.82, 2.24) is 9.21 Å². The first-order valence-corrected chi connectivity index (χ1v) is 7.65. The van der Waals surface area contributed by atoms with E-state index in [1.165, 1.54) is 6.26 Å². The van der Waals surface area contributed by atoms with Gasteiger partial charge in [-0.25, -0.2) is 8.42 Å². The van der Waals surface area contributed by atoms with Crippen LogP contribution in [-0.2, 0) is 10.0 Å². The van der Waals surface area contributed by atoms with Gasteiger partial charge in [-0.1, -0.05) is 19.1 Å². The molecular formula is C11H22N2O2S. The molecule has 0 amide bonds. The number of hydrogen-bond acceptors (Lipinski definition) is 3. The zero-order chi connectivity index (χ0) is 12.2. The van der Waals surface area contributed by atoms with Crippen molar-refractivity contribution >= 4 is 10.0 Å². The number of allylic oxidation sites excluding steroid dienone is 1. The average Bonchev–Trinajstić information content (AvgIpc) is 2.25. The number of nitrogens with zero attached hydrogens (tertiary/aromatic N) is 2. The van der Waals surface area contributed by atoms with E-state index >= 15 is 0 Å². The van der Waals surface area contributed by atoms with E-state index in [-0.39, 0.29) is 0 Å². The second-order valence-electron chi connectivity index (χ2n) is 4.20. The van der Waals surface area contributed by atoms with E-state index in [1.54, 1.807) is 4.31 Å². The van der Waals surface area contributed by atoms with Gasteiger partial charge in [0.05, 0.1) is 6.26 Å². The van der Waals surface area contributed by atoms with Crippen LogP contribution >= 0.6 is 0 Å². The highest BCUT2D eigenvalue weighted by Gasteiger charge is 2.25. The van der Waals surface area contributed by atoms with Gasteiger partial charge in [-0.15, -0.1) is 0 Å². The molecule has 0 aromatic heterocycles. The standard InChI is InChI=1S/C11H22N2O2S/c1-4-6-11(5-2)12-7-9-13(10-8-12)16(3,14)15/h4,6,11H,5,7-10H2,1-3H3. The molecule has 0 N–H and O–H groups in total. The number of piperazine rings is 1. The van der Waals surface area contributed by atoms with Gasteiger partial charge in [0.25, 0.3) is 0 Å². The van der Waals surface area contributed by atoms with Gasteiger partial charge in [-0.3, -0.25) is 4.90 Å². The maximum Gasteiger partial charge on any atom is 0.211 e. The molecule has 0 aromatic carbocycles. The van der Waals surface area contributed by atoms with E-state index in [2.05, 4.69) is 24.0 Å². The van der Waals surface area contributed by atoms with E-state index in [9.17, 15) is 8.42 Å². The van der Waals surface area contributed by atoms with Crippen molar-refractivity contribution in [1.29, 1.82) is 0 Å². The Balaban J connectivity index is 2.54. The van der Waals surface area contributed by atoms with Crippen LogP contribution in [0.1, 0.15) is 20.3 Å². The van der Waals surface area contributed by atoms with Crippen LogP contribution in [0, 0.1) is 0 Å². The van der Waals surface area contributed by atoms with E-state index in [1.807, 2.05) is 6.92 Å². The molecule has 1 aliphatic rings. The lowest BCUT2D eigenvalue weighted by Gasteiger charge is -2.36. The summed E-state index contributed by atoms with van der Waals surface area (Å²) in [5.74, 6) is 0. The Hall–Kier alpha value is -0.390. The van der Waals surface area contributed by atoms with Crippen LogP contribution < -0.4 is 0 Å². The van der Waals surface area contributed by atoms with Crippen molar-refractivity contribution in [3.63, 3.8) is 0 Å². The Kier molecular flexibility index (Phi) is 4.95. The van der Waals surface area contributed by atoms with Crippen molar-refractivity contribution in [2.45, 2.75) is 26.3 Å². The summed E-state index contributed by atoms with van der Waals surface area (Å²) in [6.45, 7) is 7.08. The van der Waals surface area contributed by atoms with Crippen LogP contribution in [-0.4, -0.2) is 56.1 Å². The van der Waals surface area contributed by atoms with Gasteiger partial charge in [0.1, 0.15) is 0 Å². The van der Waals surface area contributed by atoms with Crippen molar-refractivity contribution in [3.8, 4) is 0 Å². The summed E-state index contributed by atoms with van der Waals surface area (Å²) < 4.78 is 24.3. The predicted molar refractivity (Wildman–Crippen MR) is 66.9 cm³/mol. The topological polar surface area (TPSA) is 40.6 Å². The van der Waals surface area contributed by atoms with Gasteiger partial charge >= 0.3 is 0 Å². The maximum absolute atomic E-state index is 11.4. The lowest BCUT2D eigenvalue weighted by Crippen LogP contribution is -2.51. The number of rotatable bonds is 4. The molecule has 0 aliphatic carbocycles. The molecule has 0 radical (unpaired) electrons. The SMILES string of the molecule is CC=CC(CC)N1CCN(S(C)(=O)=O)CC1. The van der Waals surface area contributed by atoms with Crippen LogP contribution in [0.25, 0.3) is 0 Å². The molecule has 1 fully saturated rings. The summed E-state index contributed by atoms with van der Waals surface area (Å²) in [7, 11) is -3.01. The van der Waals surface area contributed by atoms with Gasteiger partial charge in [0.15, 0.2) is 0 Å². The summed E-state index contributed by atoms with van der Waals surface area (Å²) in [6, 6.07) is 0.451. The van der Waals surface area contributed by atoms with E-state index in [4.69, 9.17) is 0 Å². The minimum absolute atomic E-state index is 0.451. The Morgan fingerprint density at radius 3 is 2.19 bits per heavy atom. The van der Waals surface area contributed by atoms with Crippen LogP contribution in [0.5, 0.6) is 0 Å². The third-order valence-corrected chi connectivity index (χ3v) is 4.35. The summed E-state index contributed by atoms with van der Waals surface area (Å²) in [4.78, 5) is 2.35. The van der Waals surface area contributed by atoms with Gasteiger partial charge in [-0.05, 0) is 13.3 Å². The van der Waals surface area contributed by atoms with Crippen LogP contribution in [0.2, 0.25) is 0 Å². The zero-order valence-electron chi connectivity index (χ0n) is 10.4. The number of sulfonamides is 1. The van der Waals surface area contributed by atoms with E-state index in [0.29, 0.717) is 19.1 Å². The third-order valence-electron chi connectivity index (χ3n) is 3.04. The average molecular weight is 246 g/mol. The zero-order valence-corrected chi connectivity index (χ0v) is 11.2. The number of hydrogen-bond donors (Lipinski definition) is 0. The van der Waals surface area contributed by atoms with E-state index < -0.39 is 10.0 Å². The largest absolute Gasteiger partial charge is 0.294 e. The van der Waals surface area contributed by atoms with Crippen molar-refractivity contribution < 1.29 is 8.42 Å². The van der Waals surface area contributed by atoms with Crippen molar-refractivity contribution in [3.05, 3.63) is 12.2 Å². The van der Waals surface area contributed by atoms with Gasteiger partial charge in [0, 0.05) is 32.2 Å².